The summed E-state index contributed by atoms with van der Waals surface area (Å²) in [7, 11) is -3.43. The Morgan fingerprint density at radius 3 is 2.59 bits per heavy atom. The second-order valence-corrected chi connectivity index (χ2v) is 6.56. The van der Waals surface area contributed by atoms with Crippen molar-refractivity contribution >= 4 is 21.6 Å². The summed E-state index contributed by atoms with van der Waals surface area (Å²) in [4.78, 5) is 0.289. The minimum absolute atomic E-state index is 0.0818. The molecule has 0 aromatic heterocycles. The van der Waals surface area contributed by atoms with E-state index in [-0.39, 0.29) is 10.9 Å². The minimum Gasteiger partial charge on any atom is -0.208 e. The number of hydrogen-bond donors (Lipinski definition) is 1. The smallest absolute Gasteiger partial charge is 0.208 e. The van der Waals surface area contributed by atoms with Gasteiger partial charge in [-0.2, -0.15) is 0 Å². The molecule has 1 saturated carbocycles. The molecule has 0 amide bonds. The van der Waals surface area contributed by atoms with Gasteiger partial charge in [-0.15, -0.1) is 0 Å². The topological polar surface area (TPSA) is 46.2 Å². The normalized spacial score (nSPS) is 17.5. The Hall–Kier alpha value is -0.580. The molecule has 0 radical (unpaired) electrons. The van der Waals surface area contributed by atoms with E-state index in [0.717, 1.165) is 25.7 Å². The first-order valence-electron chi connectivity index (χ1n) is 5.78. The third-order valence-corrected chi connectivity index (χ3v) is 5.26. The van der Waals surface area contributed by atoms with E-state index >= 15 is 0 Å². The van der Waals surface area contributed by atoms with Crippen LogP contribution in [-0.4, -0.2) is 14.5 Å². The Labute approximate surface area is 107 Å². The summed E-state index contributed by atoms with van der Waals surface area (Å²) in [6.07, 6.45) is 4.06. The highest BCUT2D eigenvalue weighted by atomic mass is 35.5. The van der Waals surface area contributed by atoms with Gasteiger partial charge in [0, 0.05) is 11.1 Å². The Morgan fingerprint density at radius 2 is 1.94 bits per heavy atom. The van der Waals surface area contributed by atoms with Crippen LogP contribution in [0.15, 0.2) is 23.1 Å². The van der Waals surface area contributed by atoms with E-state index in [1.165, 1.54) is 0 Å². The predicted molar refractivity (Wildman–Crippen MR) is 68.8 cm³/mol. The standard InChI is InChI=1S/C12H16ClNO2S/c1-9-11(13)7-4-8-12(9)17(15,16)14-10-5-2-3-6-10/h4,7-8,10,14H,2-3,5-6H2,1H3. The van der Waals surface area contributed by atoms with Crippen molar-refractivity contribution < 1.29 is 8.42 Å². The largest absolute Gasteiger partial charge is 0.241 e. The number of sulfonamides is 1. The van der Waals surface area contributed by atoms with Gasteiger partial charge in [-0.3, -0.25) is 0 Å². The second kappa shape index (κ2) is 4.96. The molecule has 17 heavy (non-hydrogen) atoms. The van der Waals surface area contributed by atoms with E-state index in [1.807, 2.05) is 0 Å². The lowest BCUT2D eigenvalue weighted by atomic mass is 10.2. The van der Waals surface area contributed by atoms with Crippen LogP contribution in [-0.2, 0) is 10.0 Å². The number of benzene rings is 1. The average Bonchev–Trinajstić information content (AvgIpc) is 2.73. The zero-order chi connectivity index (χ0) is 12.5. The van der Waals surface area contributed by atoms with Crippen LogP contribution in [0, 0.1) is 6.92 Å². The first kappa shape index (κ1) is 12.9. The highest BCUT2D eigenvalue weighted by molar-refractivity contribution is 7.89. The summed E-state index contributed by atoms with van der Waals surface area (Å²) in [5.74, 6) is 0. The zero-order valence-corrected chi connectivity index (χ0v) is 11.3. The molecule has 0 heterocycles. The molecule has 0 saturated heterocycles. The molecule has 0 atom stereocenters. The van der Waals surface area contributed by atoms with Crippen LogP contribution in [0.25, 0.3) is 0 Å². The van der Waals surface area contributed by atoms with E-state index < -0.39 is 10.0 Å². The van der Waals surface area contributed by atoms with Gasteiger partial charge in [-0.05, 0) is 37.5 Å². The number of hydrogen-bond acceptors (Lipinski definition) is 2. The summed E-state index contributed by atoms with van der Waals surface area (Å²) in [5.41, 5.74) is 0.611. The van der Waals surface area contributed by atoms with Crippen molar-refractivity contribution in [1.29, 1.82) is 0 Å². The first-order chi connectivity index (χ1) is 8.00. The van der Waals surface area contributed by atoms with E-state index in [1.54, 1.807) is 25.1 Å². The molecule has 1 fully saturated rings. The van der Waals surface area contributed by atoms with Crippen LogP contribution in [0.3, 0.4) is 0 Å². The number of nitrogens with one attached hydrogen (secondary N) is 1. The highest BCUT2D eigenvalue weighted by Crippen LogP contribution is 2.25. The van der Waals surface area contributed by atoms with Crippen LogP contribution in [0.4, 0.5) is 0 Å². The van der Waals surface area contributed by atoms with E-state index in [4.69, 9.17) is 11.6 Å². The second-order valence-electron chi connectivity index (χ2n) is 4.47. The van der Waals surface area contributed by atoms with Gasteiger partial charge >= 0.3 is 0 Å². The van der Waals surface area contributed by atoms with Crippen LogP contribution >= 0.6 is 11.6 Å². The fourth-order valence-electron chi connectivity index (χ4n) is 2.21. The van der Waals surface area contributed by atoms with Gasteiger partial charge in [0.25, 0.3) is 0 Å². The molecule has 1 N–H and O–H groups in total. The van der Waals surface area contributed by atoms with Crippen molar-refractivity contribution in [1.82, 2.24) is 4.72 Å². The molecule has 1 aliphatic rings. The fourth-order valence-corrected chi connectivity index (χ4v) is 4.01. The first-order valence-corrected chi connectivity index (χ1v) is 7.64. The van der Waals surface area contributed by atoms with Crippen molar-refractivity contribution in [2.24, 2.45) is 0 Å². The molecule has 94 valence electrons. The van der Waals surface area contributed by atoms with Crippen molar-refractivity contribution in [2.45, 2.75) is 43.5 Å². The van der Waals surface area contributed by atoms with E-state index in [2.05, 4.69) is 4.72 Å². The van der Waals surface area contributed by atoms with Gasteiger partial charge in [-0.25, -0.2) is 13.1 Å². The van der Waals surface area contributed by atoms with Gasteiger partial charge in [0.1, 0.15) is 0 Å². The molecule has 3 nitrogen and oxygen atoms in total. The van der Waals surface area contributed by atoms with Gasteiger partial charge in [-0.1, -0.05) is 30.5 Å². The lowest BCUT2D eigenvalue weighted by Gasteiger charge is -2.14. The zero-order valence-electron chi connectivity index (χ0n) is 9.74. The number of halogens is 1. The maximum absolute atomic E-state index is 12.2. The Balaban J connectivity index is 2.28. The molecule has 0 bridgehead atoms. The fraction of sp³-hybridized carbons (Fsp3) is 0.500. The molecule has 1 aromatic carbocycles. The molecular formula is C12H16ClNO2S. The summed E-state index contributed by atoms with van der Waals surface area (Å²) in [5, 5.41) is 0.485. The van der Waals surface area contributed by atoms with Crippen LogP contribution in [0.5, 0.6) is 0 Å². The average molecular weight is 274 g/mol. The van der Waals surface area contributed by atoms with Crippen LogP contribution in [0.2, 0.25) is 5.02 Å². The van der Waals surface area contributed by atoms with Gasteiger partial charge in [0.2, 0.25) is 10.0 Å². The Morgan fingerprint density at radius 1 is 1.29 bits per heavy atom. The lowest BCUT2D eigenvalue weighted by molar-refractivity contribution is 0.551. The molecular weight excluding hydrogens is 258 g/mol. The summed E-state index contributed by atoms with van der Waals surface area (Å²) in [6.45, 7) is 1.73. The van der Waals surface area contributed by atoms with Crippen molar-refractivity contribution in [3.63, 3.8) is 0 Å². The maximum atomic E-state index is 12.2. The molecule has 1 aromatic rings. The monoisotopic (exact) mass is 273 g/mol. The SMILES string of the molecule is Cc1c(Cl)cccc1S(=O)(=O)NC1CCCC1. The van der Waals surface area contributed by atoms with E-state index in [0.29, 0.717) is 10.6 Å². The van der Waals surface area contributed by atoms with Gasteiger partial charge < -0.3 is 0 Å². The lowest BCUT2D eigenvalue weighted by Crippen LogP contribution is -2.33. The van der Waals surface area contributed by atoms with Gasteiger partial charge in [0.15, 0.2) is 0 Å². The highest BCUT2D eigenvalue weighted by Gasteiger charge is 2.24. The summed E-state index contributed by atoms with van der Waals surface area (Å²) < 4.78 is 27.1. The van der Waals surface area contributed by atoms with Gasteiger partial charge in [0.05, 0.1) is 4.90 Å². The third-order valence-electron chi connectivity index (χ3n) is 3.18. The molecule has 5 heteroatoms. The van der Waals surface area contributed by atoms with Crippen molar-refractivity contribution in [3.8, 4) is 0 Å². The summed E-state index contributed by atoms with van der Waals surface area (Å²) >= 11 is 5.94. The van der Waals surface area contributed by atoms with E-state index in [9.17, 15) is 8.42 Å². The maximum Gasteiger partial charge on any atom is 0.241 e. The van der Waals surface area contributed by atoms with Crippen LogP contribution in [0.1, 0.15) is 31.2 Å². The van der Waals surface area contributed by atoms with Crippen molar-refractivity contribution in [3.05, 3.63) is 28.8 Å². The summed E-state index contributed by atoms with van der Waals surface area (Å²) in [6, 6.07) is 5.04. The number of rotatable bonds is 3. The Kier molecular flexibility index (Phi) is 3.76. The quantitative estimate of drug-likeness (QED) is 0.920. The predicted octanol–water partition coefficient (Wildman–Crippen LogP) is 2.87. The molecule has 0 unspecified atom stereocenters. The third kappa shape index (κ3) is 2.81. The molecule has 2 rings (SSSR count). The molecule has 0 spiro atoms. The van der Waals surface area contributed by atoms with Crippen molar-refractivity contribution in [2.75, 3.05) is 0 Å². The molecule has 1 aliphatic carbocycles. The van der Waals surface area contributed by atoms with Crippen LogP contribution < -0.4 is 4.72 Å². The minimum atomic E-state index is -3.43. The molecule has 0 aliphatic heterocycles. The Bertz CT molecular complexity index is 507.